The van der Waals surface area contributed by atoms with Crippen molar-refractivity contribution < 1.29 is 4.74 Å². The van der Waals surface area contributed by atoms with Crippen LogP contribution < -0.4 is 11.1 Å². The predicted molar refractivity (Wildman–Crippen MR) is 60.4 cm³/mol. The molecule has 0 spiro atoms. The van der Waals surface area contributed by atoms with Gasteiger partial charge in [0.15, 0.2) is 5.96 Å². The fourth-order valence-electron chi connectivity index (χ4n) is 0.998. The number of nitrogens with zero attached hydrogens (tertiary/aromatic N) is 1. The van der Waals surface area contributed by atoms with Crippen molar-refractivity contribution in [2.45, 2.75) is 33.2 Å². The number of hydrogen-bond donors (Lipinski definition) is 2. The van der Waals surface area contributed by atoms with E-state index in [1.807, 2.05) is 0 Å². The van der Waals surface area contributed by atoms with Crippen LogP contribution in [0, 0.1) is 5.92 Å². The number of ether oxygens (including phenoxy) is 1. The van der Waals surface area contributed by atoms with Crippen LogP contribution in [0.2, 0.25) is 0 Å². The Bertz CT molecular complexity index is 169. The zero-order valence-electron chi connectivity index (χ0n) is 9.71. The summed E-state index contributed by atoms with van der Waals surface area (Å²) < 4.78 is 5.05. The Labute approximate surface area is 86.9 Å². The minimum Gasteiger partial charge on any atom is -0.383 e. The monoisotopic (exact) mass is 201 g/mol. The highest BCUT2D eigenvalue weighted by atomic mass is 16.5. The van der Waals surface area contributed by atoms with Gasteiger partial charge in [-0.05, 0) is 12.3 Å². The molecule has 0 saturated carbocycles. The Morgan fingerprint density at radius 2 is 2.14 bits per heavy atom. The van der Waals surface area contributed by atoms with Gasteiger partial charge < -0.3 is 15.8 Å². The zero-order valence-corrected chi connectivity index (χ0v) is 9.71. The van der Waals surface area contributed by atoms with Crippen molar-refractivity contribution in [1.82, 2.24) is 5.32 Å². The summed E-state index contributed by atoms with van der Waals surface area (Å²) >= 11 is 0. The van der Waals surface area contributed by atoms with Crippen LogP contribution in [-0.2, 0) is 4.74 Å². The van der Waals surface area contributed by atoms with E-state index in [2.05, 4.69) is 31.1 Å². The molecule has 0 aliphatic heterocycles. The Hall–Kier alpha value is -0.770. The average Bonchev–Trinajstić information content (AvgIpc) is 2.14. The molecule has 1 atom stereocenters. The summed E-state index contributed by atoms with van der Waals surface area (Å²) in [5.41, 5.74) is 5.71. The molecule has 0 rings (SSSR count). The molecule has 0 aromatic heterocycles. The SMILES string of the molecule is CCC(COC)NC(N)=NCC(C)C. The van der Waals surface area contributed by atoms with Crippen LogP contribution in [0.25, 0.3) is 0 Å². The highest BCUT2D eigenvalue weighted by Crippen LogP contribution is 1.93. The van der Waals surface area contributed by atoms with Gasteiger partial charge in [0.2, 0.25) is 0 Å². The molecular weight excluding hydrogens is 178 g/mol. The molecule has 0 heterocycles. The molecule has 0 radical (unpaired) electrons. The lowest BCUT2D eigenvalue weighted by molar-refractivity contribution is 0.172. The first-order chi connectivity index (χ1) is 6.60. The normalized spacial score (nSPS) is 14.5. The third kappa shape index (κ3) is 6.71. The van der Waals surface area contributed by atoms with Crippen LogP contribution in [0.4, 0.5) is 0 Å². The quantitative estimate of drug-likeness (QED) is 0.497. The molecule has 0 bridgehead atoms. The second-order valence-electron chi connectivity index (χ2n) is 3.82. The summed E-state index contributed by atoms with van der Waals surface area (Å²) in [4.78, 5) is 4.22. The highest BCUT2D eigenvalue weighted by Gasteiger charge is 2.05. The standard InChI is InChI=1S/C10H23N3O/c1-5-9(7-14-4)13-10(11)12-6-8(2)3/h8-9H,5-7H2,1-4H3,(H3,11,12,13). The molecule has 14 heavy (non-hydrogen) atoms. The number of nitrogens with two attached hydrogens (primary N) is 1. The topological polar surface area (TPSA) is 59.6 Å². The molecule has 4 nitrogen and oxygen atoms in total. The highest BCUT2D eigenvalue weighted by molar-refractivity contribution is 5.78. The van der Waals surface area contributed by atoms with Gasteiger partial charge in [-0.25, -0.2) is 0 Å². The first-order valence-corrected chi connectivity index (χ1v) is 5.15. The number of aliphatic imine (C=N–C) groups is 1. The van der Waals surface area contributed by atoms with E-state index in [4.69, 9.17) is 10.5 Å². The number of methoxy groups -OCH3 is 1. The molecular formula is C10H23N3O. The number of hydrogen-bond acceptors (Lipinski definition) is 2. The van der Waals surface area contributed by atoms with Crippen LogP contribution in [0.15, 0.2) is 4.99 Å². The fourth-order valence-corrected chi connectivity index (χ4v) is 0.998. The third-order valence-electron chi connectivity index (χ3n) is 1.84. The number of rotatable bonds is 6. The molecule has 3 N–H and O–H groups in total. The summed E-state index contributed by atoms with van der Waals surface area (Å²) in [5.74, 6) is 1.06. The zero-order chi connectivity index (χ0) is 11.0. The van der Waals surface area contributed by atoms with Gasteiger partial charge >= 0.3 is 0 Å². The largest absolute Gasteiger partial charge is 0.383 e. The third-order valence-corrected chi connectivity index (χ3v) is 1.84. The van der Waals surface area contributed by atoms with E-state index >= 15 is 0 Å². The van der Waals surface area contributed by atoms with Gasteiger partial charge in [0.05, 0.1) is 12.6 Å². The molecule has 0 aliphatic carbocycles. The maximum Gasteiger partial charge on any atom is 0.188 e. The number of guanidine groups is 1. The van der Waals surface area contributed by atoms with Gasteiger partial charge in [-0.1, -0.05) is 20.8 Å². The fraction of sp³-hybridized carbons (Fsp3) is 0.900. The van der Waals surface area contributed by atoms with Crippen molar-refractivity contribution in [3.63, 3.8) is 0 Å². The van der Waals surface area contributed by atoms with Crippen molar-refractivity contribution in [1.29, 1.82) is 0 Å². The lowest BCUT2D eigenvalue weighted by atomic mass is 10.2. The lowest BCUT2D eigenvalue weighted by Crippen LogP contribution is -2.42. The maximum absolute atomic E-state index is 5.71. The van der Waals surface area contributed by atoms with E-state index in [-0.39, 0.29) is 6.04 Å². The van der Waals surface area contributed by atoms with E-state index < -0.39 is 0 Å². The minimum absolute atomic E-state index is 0.260. The minimum atomic E-state index is 0.260. The first-order valence-electron chi connectivity index (χ1n) is 5.15. The van der Waals surface area contributed by atoms with Gasteiger partial charge in [-0.3, -0.25) is 4.99 Å². The lowest BCUT2D eigenvalue weighted by Gasteiger charge is -2.16. The Morgan fingerprint density at radius 1 is 1.50 bits per heavy atom. The first kappa shape index (κ1) is 13.2. The summed E-state index contributed by atoms with van der Waals surface area (Å²) in [5, 5.41) is 3.13. The van der Waals surface area contributed by atoms with Gasteiger partial charge in [-0.2, -0.15) is 0 Å². The van der Waals surface area contributed by atoms with Crippen molar-refractivity contribution in [2.75, 3.05) is 20.3 Å². The van der Waals surface area contributed by atoms with E-state index in [1.54, 1.807) is 7.11 Å². The molecule has 0 saturated heterocycles. The Balaban J connectivity index is 3.87. The molecule has 0 fully saturated rings. The van der Waals surface area contributed by atoms with Crippen LogP contribution in [-0.4, -0.2) is 32.3 Å². The summed E-state index contributed by atoms with van der Waals surface area (Å²) in [6.07, 6.45) is 0.978. The second kappa shape index (κ2) is 7.62. The van der Waals surface area contributed by atoms with E-state index in [0.717, 1.165) is 13.0 Å². The van der Waals surface area contributed by atoms with Crippen molar-refractivity contribution in [2.24, 2.45) is 16.6 Å². The van der Waals surface area contributed by atoms with Gasteiger partial charge in [-0.15, -0.1) is 0 Å². The van der Waals surface area contributed by atoms with Crippen LogP contribution in [0.3, 0.4) is 0 Å². The molecule has 84 valence electrons. The van der Waals surface area contributed by atoms with Crippen molar-refractivity contribution >= 4 is 5.96 Å². The molecule has 0 aromatic rings. The Morgan fingerprint density at radius 3 is 2.57 bits per heavy atom. The van der Waals surface area contributed by atoms with Gasteiger partial charge in [0.1, 0.15) is 0 Å². The second-order valence-corrected chi connectivity index (χ2v) is 3.82. The van der Waals surface area contributed by atoms with E-state index in [9.17, 15) is 0 Å². The van der Waals surface area contributed by atoms with Crippen LogP contribution in [0.1, 0.15) is 27.2 Å². The molecule has 1 unspecified atom stereocenters. The van der Waals surface area contributed by atoms with Gasteiger partial charge in [0.25, 0.3) is 0 Å². The summed E-state index contributed by atoms with van der Waals surface area (Å²) in [7, 11) is 1.69. The van der Waals surface area contributed by atoms with Crippen LogP contribution >= 0.6 is 0 Å². The smallest absolute Gasteiger partial charge is 0.188 e. The summed E-state index contributed by atoms with van der Waals surface area (Å²) in [6, 6.07) is 0.260. The average molecular weight is 201 g/mol. The number of nitrogens with one attached hydrogen (secondary N) is 1. The van der Waals surface area contributed by atoms with E-state index in [1.165, 1.54) is 0 Å². The molecule has 4 heteroatoms. The Kier molecular flexibility index (Phi) is 7.20. The van der Waals surface area contributed by atoms with Crippen LogP contribution in [0.5, 0.6) is 0 Å². The molecule has 0 aliphatic rings. The molecule has 0 amide bonds. The maximum atomic E-state index is 5.71. The van der Waals surface area contributed by atoms with Crippen molar-refractivity contribution in [3.8, 4) is 0 Å². The van der Waals surface area contributed by atoms with Crippen molar-refractivity contribution in [3.05, 3.63) is 0 Å². The van der Waals surface area contributed by atoms with Gasteiger partial charge in [0, 0.05) is 13.7 Å². The predicted octanol–water partition coefficient (Wildman–Crippen LogP) is 0.972. The molecule has 0 aromatic carbocycles. The summed E-state index contributed by atoms with van der Waals surface area (Å²) in [6.45, 7) is 7.75. The van der Waals surface area contributed by atoms with E-state index in [0.29, 0.717) is 18.5 Å².